The van der Waals surface area contributed by atoms with Crippen molar-refractivity contribution in [2.75, 3.05) is 13.1 Å². The van der Waals surface area contributed by atoms with Gasteiger partial charge < -0.3 is 10.2 Å². The van der Waals surface area contributed by atoms with E-state index in [0.29, 0.717) is 24.3 Å². The van der Waals surface area contributed by atoms with Crippen molar-refractivity contribution in [1.29, 1.82) is 0 Å². The summed E-state index contributed by atoms with van der Waals surface area (Å²) in [7, 11) is 0. The number of likely N-dealkylation sites (tertiary alicyclic amines) is 1. The second kappa shape index (κ2) is 8.58. The Labute approximate surface area is 197 Å². The van der Waals surface area contributed by atoms with E-state index in [1.807, 2.05) is 43.0 Å². The van der Waals surface area contributed by atoms with E-state index in [0.717, 1.165) is 42.5 Å². The van der Waals surface area contributed by atoms with Crippen LogP contribution in [0, 0.1) is 16.7 Å². The van der Waals surface area contributed by atoms with Crippen LogP contribution in [0.15, 0.2) is 48.8 Å². The van der Waals surface area contributed by atoms with Gasteiger partial charge in [-0.2, -0.15) is 0 Å². The Balaban J connectivity index is 1.44. The second-order valence-electron chi connectivity index (χ2n) is 10.8. The van der Waals surface area contributed by atoms with Crippen molar-refractivity contribution in [3.8, 4) is 11.1 Å². The molecule has 2 amide bonds. The first kappa shape index (κ1) is 22.1. The fourth-order valence-corrected chi connectivity index (χ4v) is 6.10. The zero-order valence-electron chi connectivity index (χ0n) is 19.8. The van der Waals surface area contributed by atoms with Gasteiger partial charge in [0.2, 0.25) is 11.8 Å². The van der Waals surface area contributed by atoms with Gasteiger partial charge in [-0.15, -0.1) is 0 Å². The monoisotopic (exact) mass is 445 g/mol. The van der Waals surface area contributed by atoms with Gasteiger partial charge in [-0.3, -0.25) is 14.6 Å². The van der Waals surface area contributed by atoms with Gasteiger partial charge in [0.25, 0.3) is 0 Å². The molecule has 1 aromatic heterocycles. The molecule has 2 atom stereocenters. The van der Waals surface area contributed by atoms with E-state index in [-0.39, 0.29) is 17.9 Å². The zero-order chi connectivity index (χ0) is 23.1. The number of benzene rings is 1. The molecule has 2 saturated carbocycles. The zero-order valence-corrected chi connectivity index (χ0v) is 19.8. The number of carbonyl (C=O) groups excluding carboxylic acids is 2. The first-order chi connectivity index (χ1) is 15.9. The largest absolute Gasteiger partial charge is 0.353 e. The molecular weight excluding hydrogens is 410 g/mol. The van der Waals surface area contributed by atoms with Crippen molar-refractivity contribution in [1.82, 2.24) is 15.2 Å². The maximum atomic E-state index is 13.7. The molecule has 1 saturated heterocycles. The van der Waals surface area contributed by atoms with E-state index >= 15 is 0 Å². The van der Waals surface area contributed by atoms with Crippen LogP contribution in [-0.4, -0.2) is 40.8 Å². The summed E-state index contributed by atoms with van der Waals surface area (Å²) in [4.78, 5) is 33.3. The van der Waals surface area contributed by atoms with Crippen molar-refractivity contribution in [3.05, 3.63) is 54.4 Å². The molecule has 5 nitrogen and oxygen atoms in total. The van der Waals surface area contributed by atoms with Crippen LogP contribution in [0.3, 0.4) is 0 Å². The van der Waals surface area contributed by atoms with Gasteiger partial charge in [-0.25, -0.2) is 0 Å². The summed E-state index contributed by atoms with van der Waals surface area (Å²) in [5, 5.41) is 3.19. The number of hydrogen-bond donors (Lipinski definition) is 1. The Morgan fingerprint density at radius 1 is 1.09 bits per heavy atom. The Morgan fingerprint density at radius 2 is 1.85 bits per heavy atom. The number of nitrogens with one attached hydrogen (secondary N) is 1. The number of pyridine rings is 1. The maximum absolute atomic E-state index is 13.7. The number of hydrogen-bond acceptors (Lipinski definition) is 3. The molecule has 2 aliphatic carbocycles. The Morgan fingerprint density at radius 3 is 2.52 bits per heavy atom. The predicted octanol–water partition coefficient (Wildman–Crippen LogP) is 4.61. The number of carbonyl (C=O) groups is 2. The van der Waals surface area contributed by atoms with E-state index in [4.69, 9.17) is 0 Å². The van der Waals surface area contributed by atoms with Crippen LogP contribution in [0.1, 0.15) is 57.9 Å². The third-order valence-electron chi connectivity index (χ3n) is 8.16. The summed E-state index contributed by atoms with van der Waals surface area (Å²) in [5.74, 6) is 0.562. The molecule has 1 N–H and O–H groups in total. The Bertz CT molecular complexity index is 1030. The number of nitrogens with zero attached hydrogens (tertiary/aromatic N) is 2. The van der Waals surface area contributed by atoms with Crippen molar-refractivity contribution < 1.29 is 9.59 Å². The fraction of sp³-hybridized carbons (Fsp3) is 0.536. The van der Waals surface area contributed by atoms with Crippen LogP contribution in [-0.2, 0) is 16.0 Å². The lowest BCUT2D eigenvalue weighted by atomic mass is 9.72. The lowest BCUT2D eigenvalue weighted by Gasteiger charge is -2.43. The topological polar surface area (TPSA) is 62.3 Å². The molecule has 3 fully saturated rings. The van der Waals surface area contributed by atoms with E-state index < -0.39 is 5.41 Å². The van der Waals surface area contributed by atoms with Gasteiger partial charge in [0.05, 0.1) is 5.41 Å². The summed E-state index contributed by atoms with van der Waals surface area (Å²) in [6.45, 7) is 5.30. The lowest BCUT2D eigenvalue weighted by Crippen LogP contribution is -2.56. The van der Waals surface area contributed by atoms with Crippen LogP contribution in [0.4, 0.5) is 0 Å². The van der Waals surface area contributed by atoms with Crippen molar-refractivity contribution in [3.63, 3.8) is 0 Å². The average Bonchev–Trinajstić information content (AvgIpc) is 3.56. The number of piperidine rings is 1. The maximum Gasteiger partial charge on any atom is 0.228 e. The molecule has 1 aliphatic heterocycles. The molecule has 33 heavy (non-hydrogen) atoms. The molecule has 0 bridgehead atoms. The summed E-state index contributed by atoms with van der Waals surface area (Å²) >= 11 is 0. The number of amides is 2. The molecule has 174 valence electrons. The van der Waals surface area contributed by atoms with Crippen LogP contribution < -0.4 is 5.32 Å². The van der Waals surface area contributed by atoms with Crippen molar-refractivity contribution in [2.45, 2.75) is 64.8 Å². The molecule has 2 heterocycles. The summed E-state index contributed by atoms with van der Waals surface area (Å²) in [6, 6.07) is 12.4. The standard InChI is InChI=1S/C28H35N3O2/c1-20(2)30-26(33)28(17-22-7-3-4-8-23(22)21-9-14-29-15-10-21)13-6-16-31(19-28)25(32)24-18-27(24)11-5-12-27/h3-4,7-10,14-15,20,24H,5-6,11-13,16-19H2,1-2H3,(H,30,33)/t24-,28+/m1/s1. The van der Waals surface area contributed by atoms with E-state index in [1.54, 1.807) is 12.4 Å². The smallest absolute Gasteiger partial charge is 0.228 e. The predicted molar refractivity (Wildman–Crippen MR) is 129 cm³/mol. The minimum Gasteiger partial charge on any atom is -0.353 e. The Hall–Kier alpha value is -2.69. The molecule has 3 aliphatic rings. The second-order valence-corrected chi connectivity index (χ2v) is 10.8. The van der Waals surface area contributed by atoms with Crippen LogP contribution >= 0.6 is 0 Å². The van der Waals surface area contributed by atoms with Crippen LogP contribution in [0.25, 0.3) is 11.1 Å². The third-order valence-corrected chi connectivity index (χ3v) is 8.16. The highest BCUT2D eigenvalue weighted by atomic mass is 16.2. The molecule has 0 unspecified atom stereocenters. The van der Waals surface area contributed by atoms with Gasteiger partial charge >= 0.3 is 0 Å². The van der Waals surface area contributed by atoms with Crippen LogP contribution in [0.2, 0.25) is 0 Å². The summed E-state index contributed by atoms with van der Waals surface area (Å²) < 4.78 is 0. The average molecular weight is 446 g/mol. The molecule has 5 rings (SSSR count). The first-order valence-electron chi connectivity index (χ1n) is 12.5. The molecule has 1 spiro atoms. The SMILES string of the molecule is CC(C)NC(=O)[C@]1(Cc2ccccc2-c2ccncc2)CCCN(C(=O)[C@H]2CC23CCC3)C1. The quantitative estimate of drug-likeness (QED) is 0.706. The number of rotatable bonds is 6. The minimum absolute atomic E-state index is 0.0672. The van der Waals surface area contributed by atoms with E-state index in [9.17, 15) is 9.59 Å². The van der Waals surface area contributed by atoms with Gasteiger partial charge in [0.15, 0.2) is 0 Å². The van der Waals surface area contributed by atoms with Gasteiger partial charge in [-0.05, 0) is 86.6 Å². The van der Waals surface area contributed by atoms with Crippen molar-refractivity contribution >= 4 is 11.8 Å². The van der Waals surface area contributed by atoms with Gasteiger partial charge in [0.1, 0.15) is 0 Å². The molecule has 1 aromatic carbocycles. The van der Waals surface area contributed by atoms with Gasteiger partial charge in [0, 0.05) is 37.4 Å². The molecule has 2 aromatic rings. The number of aromatic nitrogens is 1. The highest BCUT2D eigenvalue weighted by molar-refractivity contribution is 5.87. The first-order valence-corrected chi connectivity index (χ1v) is 12.5. The summed E-state index contributed by atoms with van der Waals surface area (Å²) in [5.41, 5.74) is 3.09. The summed E-state index contributed by atoms with van der Waals surface area (Å²) in [6.07, 6.45) is 10.6. The van der Waals surface area contributed by atoms with Gasteiger partial charge in [-0.1, -0.05) is 30.7 Å². The Kier molecular flexibility index (Phi) is 5.75. The van der Waals surface area contributed by atoms with Crippen molar-refractivity contribution in [2.24, 2.45) is 16.7 Å². The normalized spacial score (nSPS) is 25.5. The highest BCUT2D eigenvalue weighted by Gasteiger charge is 2.62. The minimum atomic E-state index is -0.608. The van der Waals surface area contributed by atoms with E-state index in [1.165, 1.54) is 19.3 Å². The molecular formula is C28H35N3O2. The molecule has 5 heteroatoms. The third kappa shape index (κ3) is 4.18. The van der Waals surface area contributed by atoms with Crippen LogP contribution in [0.5, 0.6) is 0 Å². The lowest BCUT2D eigenvalue weighted by molar-refractivity contribution is -0.143. The molecule has 0 radical (unpaired) electrons. The highest BCUT2D eigenvalue weighted by Crippen LogP contribution is 2.66. The fourth-order valence-electron chi connectivity index (χ4n) is 6.10. The van der Waals surface area contributed by atoms with E-state index in [2.05, 4.69) is 22.4 Å².